The first kappa shape index (κ1) is 22.2. The number of benzene rings is 2. The van der Waals surface area contributed by atoms with Gasteiger partial charge in [-0.1, -0.05) is 30.3 Å². The number of aromatic nitrogens is 1. The summed E-state index contributed by atoms with van der Waals surface area (Å²) >= 11 is 0. The summed E-state index contributed by atoms with van der Waals surface area (Å²) in [5.41, 5.74) is 3.75. The van der Waals surface area contributed by atoms with E-state index in [-0.39, 0.29) is 17.8 Å². The van der Waals surface area contributed by atoms with Crippen LogP contribution < -0.4 is 5.32 Å². The van der Waals surface area contributed by atoms with Gasteiger partial charge in [-0.05, 0) is 62.0 Å². The Hall–Kier alpha value is -4.00. The fourth-order valence-electron chi connectivity index (χ4n) is 3.80. The molecule has 1 N–H and O–H groups in total. The van der Waals surface area contributed by atoms with E-state index in [1.54, 1.807) is 24.4 Å². The van der Waals surface area contributed by atoms with Crippen molar-refractivity contribution in [1.82, 2.24) is 9.88 Å². The molecule has 0 radical (unpaired) electrons. The number of ether oxygens (including phenoxy) is 1. The fourth-order valence-corrected chi connectivity index (χ4v) is 3.80. The first-order valence-corrected chi connectivity index (χ1v) is 10.6. The van der Waals surface area contributed by atoms with Crippen molar-refractivity contribution < 1.29 is 9.13 Å². The lowest BCUT2D eigenvalue weighted by molar-refractivity contribution is 0.0901. The number of hydrogen-bond donors (Lipinski definition) is 1. The molecule has 7 heteroatoms. The molecule has 0 aliphatic carbocycles. The number of aliphatic imine (C=N–C) groups is 2. The van der Waals surface area contributed by atoms with Crippen molar-refractivity contribution in [2.75, 3.05) is 19.0 Å². The molecular formula is C26H26FN5O. The van der Waals surface area contributed by atoms with Crippen LogP contribution in [0.15, 0.2) is 88.4 Å². The zero-order valence-corrected chi connectivity index (χ0v) is 18.9. The Morgan fingerprint density at radius 1 is 1.15 bits per heavy atom. The van der Waals surface area contributed by atoms with Gasteiger partial charge in [0.25, 0.3) is 0 Å². The van der Waals surface area contributed by atoms with Gasteiger partial charge in [0.05, 0.1) is 6.04 Å². The second kappa shape index (κ2) is 9.65. The number of pyridine rings is 1. The number of hydrogen-bond acceptors (Lipinski definition) is 4. The summed E-state index contributed by atoms with van der Waals surface area (Å²) in [6.45, 7) is 7.89. The number of allylic oxidation sites excluding steroid dienone is 1. The highest BCUT2D eigenvalue weighted by Crippen LogP contribution is 2.31. The molecule has 0 amide bonds. The summed E-state index contributed by atoms with van der Waals surface area (Å²) in [4.78, 5) is 14.9. The van der Waals surface area contributed by atoms with E-state index in [2.05, 4.69) is 44.0 Å². The molecule has 1 aliphatic rings. The minimum absolute atomic E-state index is 0.0141. The average molecular weight is 444 g/mol. The van der Waals surface area contributed by atoms with Crippen molar-refractivity contribution in [3.63, 3.8) is 0 Å². The van der Waals surface area contributed by atoms with Gasteiger partial charge in [-0.3, -0.25) is 4.98 Å². The molecule has 2 heterocycles. The second-order valence-electron chi connectivity index (χ2n) is 7.83. The maximum absolute atomic E-state index is 14.9. The molecule has 2 aromatic carbocycles. The smallest absolute Gasteiger partial charge is 0.228 e. The molecule has 4 rings (SSSR count). The predicted molar refractivity (Wildman–Crippen MR) is 131 cm³/mol. The number of rotatable bonds is 4. The van der Waals surface area contributed by atoms with Gasteiger partial charge in [0.2, 0.25) is 5.96 Å². The summed E-state index contributed by atoms with van der Waals surface area (Å²) < 4.78 is 20.8. The van der Waals surface area contributed by atoms with Gasteiger partial charge in [-0.25, -0.2) is 9.38 Å². The summed E-state index contributed by atoms with van der Waals surface area (Å²) in [5, 5.41) is 3.05. The Morgan fingerprint density at radius 2 is 1.94 bits per heavy atom. The molecular weight excluding hydrogens is 417 g/mol. The molecule has 33 heavy (non-hydrogen) atoms. The van der Waals surface area contributed by atoms with Gasteiger partial charge in [-0.2, -0.15) is 4.99 Å². The van der Waals surface area contributed by atoms with Crippen LogP contribution in [0, 0.1) is 12.7 Å². The number of likely N-dealkylation sites (N-methyl/N-ethyl adjacent to an activating group) is 1. The summed E-state index contributed by atoms with van der Waals surface area (Å²) in [6, 6.07) is 18.7. The normalized spacial score (nSPS) is 16.4. The molecule has 1 unspecified atom stereocenters. The average Bonchev–Trinajstić information content (AvgIpc) is 2.81. The molecule has 3 aromatic rings. The standard InChI is InChI=1S/C26H26FN5O/c1-17-14-20(12-13-29-17)22-11-10-21(15-23(22)27)30-26(28-3)31-25-18(2)33-16-24(32(25)4)19-8-6-5-7-9-19/h5-15,24H,3,16H2,1-2,4H3,(H,30,31). The molecule has 168 valence electrons. The van der Waals surface area contributed by atoms with Crippen LogP contribution in [0.3, 0.4) is 0 Å². The molecule has 1 atom stereocenters. The summed E-state index contributed by atoms with van der Waals surface area (Å²) in [7, 11) is 1.97. The van der Waals surface area contributed by atoms with Crippen LogP contribution in [0.4, 0.5) is 10.1 Å². The van der Waals surface area contributed by atoms with E-state index in [9.17, 15) is 4.39 Å². The van der Waals surface area contributed by atoms with E-state index in [0.717, 1.165) is 16.8 Å². The van der Waals surface area contributed by atoms with E-state index in [4.69, 9.17) is 4.74 Å². The van der Waals surface area contributed by atoms with Crippen LogP contribution >= 0.6 is 0 Å². The lowest BCUT2D eigenvalue weighted by Crippen LogP contribution is -2.32. The second-order valence-corrected chi connectivity index (χ2v) is 7.83. The van der Waals surface area contributed by atoms with Crippen LogP contribution in [0.1, 0.15) is 24.2 Å². The van der Waals surface area contributed by atoms with Crippen LogP contribution in [-0.2, 0) is 4.74 Å². The maximum Gasteiger partial charge on any atom is 0.228 e. The Bertz CT molecular complexity index is 1220. The molecule has 0 saturated heterocycles. The minimum atomic E-state index is -0.355. The largest absolute Gasteiger partial charge is 0.492 e. The first-order valence-electron chi connectivity index (χ1n) is 10.6. The number of aryl methyl sites for hydroxylation is 1. The molecule has 0 fully saturated rings. The summed E-state index contributed by atoms with van der Waals surface area (Å²) in [5.74, 6) is 1.21. The number of guanidine groups is 1. The highest BCUT2D eigenvalue weighted by Gasteiger charge is 2.27. The number of nitrogens with one attached hydrogen (secondary N) is 1. The monoisotopic (exact) mass is 443 g/mol. The zero-order valence-electron chi connectivity index (χ0n) is 18.9. The third-order valence-corrected chi connectivity index (χ3v) is 5.55. The van der Waals surface area contributed by atoms with Gasteiger partial charge in [0.15, 0.2) is 5.82 Å². The van der Waals surface area contributed by atoms with E-state index < -0.39 is 0 Å². The first-order chi connectivity index (χ1) is 16.0. The van der Waals surface area contributed by atoms with Gasteiger partial charge < -0.3 is 15.0 Å². The Balaban J connectivity index is 1.58. The molecule has 6 nitrogen and oxygen atoms in total. The van der Waals surface area contributed by atoms with Gasteiger partial charge in [-0.15, -0.1) is 0 Å². The molecule has 0 saturated carbocycles. The Labute approximate surface area is 193 Å². The number of halogens is 1. The zero-order chi connectivity index (χ0) is 23.4. The van der Waals surface area contributed by atoms with E-state index in [1.807, 2.05) is 45.2 Å². The topological polar surface area (TPSA) is 62.1 Å². The fraction of sp³-hybridized carbons (Fsp3) is 0.192. The van der Waals surface area contributed by atoms with E-state index in [0.29, 0.717) is 29.4 Å². The third kappa shape index (κ3) is 4.92. The van der Waals surface area contributed by atoms with Crippen molar-refractivity contribution in [3.8, 4) is 11.1 Å². The Kier molecular flexibility index (Phi) is 6.49. The van der Waals surface area contributed by atoms with Gasteiger partial charge >= 0.3 is 0 Å². The lowest BCUT2D eigenvalue weighted by Gasteiger charge is -2.35. The quantitative estimate of drug-likeness (QED) is 0.424. The summed E-state index contributed by atoms with van der Waals surface area (Å²) in [6.07, 6.45) is 1.67. The van der Waals surface area contributed by atoms with E-state index in [1.165, 1.54) is 6.07 Å². The van der Waals surface area contributed by atoms with Gasteiger partial charge in [0, 0.05) is 30.2 Å². The van der Waals surface area contributed by atoms with Crippen LogP contribution in [0.25, 0.3) is 11.1 Å². The molecule has 1 aromatic heterocycles. The molecule has 0 spiro atoms. The van der Waals surface area contributed by atoms with Crippen molar-refractivity contribution >= 4 is 18.4 Å². The highest BCUT2D eigenvalue weighted by atomic mass is 19.1. The van der Waals surface area contributed by atoms with Crippen LogP contribution in [0.2, 0.25) is 0 Å². The maximum atomic E-state index is 14.9. The van der Waals surface area contributed by atoms with Crippen LogP contribution in [-0.4, -0.2) is 36.2 Å². The van der Waals surface area contributed by atoms with Gasteiger partial charge in [0.1, 0.15) is 18.2 Å². The number of nitrogens with zero attached hydrogens (tertiary/aromatic N) is 4. The van der Waals surface area contributed by atoms with E-state index >= 15 is 0 Å². The van der Waals surface area contributed by atoms with Crippen molar-refractivity contribution in [2.24, 2.45) is 9.98 Å². The van der Waals surface area contributed by atoms with Crippen LogP contribution in [0.5, 0.6) is 0 Å². The third-order valence-electron chi connectivity index (χ3n) is 5.55. The molecule has 0 bridgehead atoms. The SMILES string of the molecule is C=NC(=NC1=C(C)OCC(c2ccccc2)N1C)Nc1ccc(-c2ccnc(C)c2)c(F)c1. The Morgan fingerprint density at radius 3 is 2.64 bits per heavy atom. The molecule has 1 aliphatic heterocycles. The predicted octanol–water partition coefficient (Wildman–Crippen LogP) is 5.56. The lowest BCUT2D eigenvalue weighted by atomic mass is 10.1. The number of anilines is 1. The highest BCUT2D eigenvalue weighted by molar-refractivity contribution is 5.97. The minimum Gasteiger partial charge on any atom is -0.492 e. The van der Waals surface area contributed by atoms with Crippen molar-refractivity contribution in [1.29, 1.82) is 0 Å². The van der Waals surface area contributed by atoms with Crippen molar-refractivity contribution in [3.05, 3.63) is 95.5 Å². The van der Waals surface area contributed by atoms with Crippen molar-refractivity contribution in [2.45, 2.75) is 19.9 Å².